The SMILES string of the molecule is COC1(CNS(=O)(=O)c2ccc(F)c(C)c2)Cc2ccccc2C1. The van der Waals surface area contributed by atoms with Crippen molar-refractivity contribution in [2.75, 3.05) is 13.7 Å². The van der Waals surface area contributed by atoms with Gasteiger partial charge < -0.3 is 4.74 Å². The summed E-state index contributed by atoms with van der Waals surface area (Å²) < 4.78 is 46.6. The number of hydrogen-bond acceptors (Lipinski definition) is 3. The molecule has 0 saturated heterocycles. The standard InChI is InChI=1S/C18H20FNO3S/c1-13-9-16(7-8-17(13)19)24(21,22)20-12-18(23-2)10-14-5-3-4-6-15(14)11-18/h3-9,20H,10-12H2,1-2H3. The van der Waals surface area contributed by atoms with Crippen molar-refractivity contribution < 1.29 is 17.5 Å². The van der Waals surface area contributed by atoms with Gasteiger partial charge in [-0.15, -0.1) is 0 Å². The first-order chi connectivity index (χ1) is 11.4. The van der Waals surface area contributed by atoms with Gasteiger partial charge in [-0.25, -0.2) is 17.5 Å². The van der Waals surface area contributed by atoms with Crippen molar-refractivity contribution in [1.82, 2.24) is 4.72 Å². The Morgan fingerprint density at radius 3 is 2.33 bits per heavy atom. The summed E-state index contributed by atoms with van der Waals surface area (Å²) in [5.41, 5.74) is 2.06. The largest absolute Gasteiger partial charge is 0.376 e. The fraction of sp³-hybridized carbons (Fsp3) is 0.333. The first-order valence-corrected chi connectivity index (χ1v) is 9.21. The lowest BCUT2D eigenvalue weighted by atomic mass is 10.0. The Kier molecular flexibility index (Phi) is 4.46. The average Bonchev–Trinajstić information content (AvgIpc) is 2.95. The lowest BCUT2D eigenvalue weighted by molar-refractivity contribution is 0.00378. The van der Waals surface area contributed by atoms with Crippen molar-refractivity contribution in [1.29, 1.82) is 0 Å². The molecule has 3 rings (SSSR count). The highest BCUT2D eigenvalue weighted by atomic mass is 32.2. The Morgan fingerprint density at radius 2 is 1.79 bits per heavy atom. The predicted octanol–water partition coefficient (Wildman–Crippen LogP) is 2.60. The number of rotatable bonds is 5. The fourth-order valence-corrected chi connectivity index (χ4v) is 4.29. The first-order valence-electron chi connectivity index (χ1n) is 7.73. The Morgan fingerprint density at radius 1 is 1.17 bits per heavy atom. The maximum absolute atomic E-state index is 13.4. The van der Waals surface area contributed by atoms with Gasteiger partial charge in [0.25, 0.3) is 0 Å². The van der Waals surface area contributed by atoms with Gasteiger partial charge in [-0.3, -0.25) is 0 Å². The van der Waals surface area contributed by atoms with Crippen LogP contribution in [-0.2, 0) is 27.6 Å². The van der Waals surface area contributed by atoms with Crippen LogP contribution in [0.4, 0.5) is 4.39 Å². The number of sulfonamides is 1. The molecule has 0 atom stereocenters. The number of hydrogen-bond donors (Lipinski definition) is 1. The molecule has 0 fully saturated rings. The minimum absolute atomic E-state index is 0.0585. The highest BCUT2D eigenvalue weighted by Gasteiger charge is 2.38. The van der Waals surface area contributed by atoms with Crippen LogP contribution in [0.5, 0.6) is 0 Å². The average molecular weight is 349 g/mol. The highest BCUT2D eigenvalue weighted by molar-refractivity contribution is 7.89. The minimum atomic E-state index is -3.72. The van der Waals surface area contributed by atoms with Gasteiger partial charge in [-0.2, -0.15) is 0 Å². The normalized spacial score (nSPS) is 16.1. The monoisotopic (exact) mass is 349 g/mol. The molecule has 1 aliphatic carbocycles. The summed E-state index contributed by atoms with van der Waals surface area (Å²) in [5, 5.41) is 0. The zero-order valence-electron chi connectivity index (χ0n) is 13.7. The number of halogens is 1. The Bertz CT molecular complexity index is 839. The van der Waals surface area contributed by atoms with E-state index >= 15 is 0 Å². The third-order valence-electron chi connectivity index (χ3n) is 4.60. The molecule has 1 N–H and O–H groups in total. The fourth-order valence-electron chi connectivity index (χ4n) is 3.09. The van der Waals surface area contributed by atoms with E-state index in [2.05, 4.69) is 4.72 Å². The van der Waals surface area contributed by atoms with E-state index < -0.39 is 21.4 Å². The van der Waals surface area contributed by atoms with Crippen molar-refractivity contribution in [3.05, 3.63) is 65.0 Å². The molecule has 0 unspecified atom stereocenters. The van der Waals surface area contributed by atoms with Crippen LogP contribution in [0.3, 0.4) is 0 Å². The molecule has 24 heavy (non-hydrogen) atoms. The van der Waals surface area contributed by atoms with Crippen molar-refractivity contribution in [2.45, 2.75) is 30.3 Å². The summed E-state index contributed by atoms with van der Waals surface area (Å²) in [5.74, 6) is -0.423. The van der Waals surface area contributed by atoms with Gasteiger partial charge in [0.05, 0.1) is 10.5 Å². The van der Waals surface area contributed by atoms with Crippen LogP contribution in [0.1, 0.15) is 16.7 Å². The number of nitrogens with one attached hydrogen (secondary N) is 1. The van der Waals surface area contributed by atoms with E-state index in [0.29, 0.717) is 18.4 Å². The molecule has 1 aliphatic rings. The summed E-state index contributed by atoms with van der Waals surface area (Å²) in [6.07, 6.45) is 1.31. The number of methoxy groups -OCH3 is 1. The van der Waals surface area contributed by atoms with Gasteiger partial charge in [-0.1, -0.05) is 24.3 Å². The zero-order chi connectivity index (χ0) is 17.4. The highest BCUT2D eigenvalue weighted by Crippen LogP contribution is 2.32. The molecular formula is C18H20FNO3S. The molecule has 0 bridgehead atoms. The number of aryl methyl sites for hydroxylation is 1. The van der Waals surface area contributed by atoms with Crippen LogP contribution in [0.15, 0.2) is 47.4 Å². The van der Waals surface area contributed by atoms with Crippen molar-refractivity contribution in [3.8, 4) is 0 Å². The Balaban J connectivity index is 1.78. The summed E-state index contributed by atoms with van der Waals surface area (Å²) in [4.78, 5) is 0.0585. The van der Waals surface area contributed by atoms with Crippen molar-refractivity contribution in [3.63, 3.8) is 0 Å². The summed E-state index contributed by atoms with van der Waals surface area (Å²) in [6.45, 7) is 1.70. The van der Waals surface area contributed by atoms with Gasteiger partial charge >= 0.3 is 0 Å². The predicted molar refractivity (Wildman–Crippen MR) is 89.9 cm³/mol. The summed E-state index contributed by atoms with van der Waals surface area (Å²) in [6, 6.07) is 11.8. The number of benzene rings is 2. The van der Waals surface area contributed by atoms with Crippen LogP contribution in [0, 0.1) is 12.7 Å². The summed E-state index contributed by atoms with van der Waals surface area (Å²) >= 11 is 0. The van der Waals surface area contributed by atoms with E-state index in [4.69, 9.17) is 4.74 Å². The van der Waals surface area contributed by atoms with E-state index in [1.165, 1.54) is 29.3 Å². The minimum Gasteiger partial charge on any atom is -0.376 e. The van der Waals surface area contributed by atoms with E-state index in [1.807, 2.05) is 24.3 Å². The lowest BCUT2D eigenvalue weighted by Gasteiger charge is -2.27. The molecule has 4 nitrogen and oxygen atoms in total. The molecule has 0 aromatic heterocycles. The summed E-state index contributed by atoms with van der Waals surface area (Å²) in [7, 11) is -2.12. The van der Waals surface area contributed by atoms with E-state index in [1.54, 1.807) is 14.0 Å². The van der Waals surface area contributed by atoms with Gasteiger partial charge in [0, 0.05) is 26.5 Å². The van der Waals surface area contributed by atoms with Crippen LogP contribution in [-0.4, -0.2) is 27.7 Å². The van der Waals surface area contributed by atoms with E-state index in [9.17, 15) is 12.8 Å². The molecule has 6 heteroatoms. The van der Waals surface area contributed by atoms with Crippen molar-refractivity contribution >= 4 is 10.0 Å². The Hall–Kier alpha value is -1.76. The van der Waals surface area contributed by atoms with Gasteiger partial charge in [-0.05, 0) is 41.8 Å². The quantitative estimate of drug-likeness (QED) is 0.903. The molecule has 0 spiro atoms. The molecule has 0 radical (unpaired) electrons. The maximum atomic E-state index is 13.4. The molecule has 0 heterocycles. The molecule has 0 amide bonds. The molecule has 0 aliphatic heterocycles. The smallest absolute Gasteiger partial charge is 0.240 e. The van der Waals surface area contributed by atoms with Gasteiger partial charge in [0.2, 0.25) is 10.0 Å². The number of fused-ring (bicyclic) bond motifs is 1. The second-order valence-corrected chi connectivity index (χ2v) is 8.01. The van der Waals surface area contributed by atoms with Crippen LogP contribution in [0.2, 0.25) is 0 Å². The maximum Gasteiger partial charge on any atom is 0.240 e. The van der Waals surface area contributed by atoms with E-state index in [0.717, 1.165) is 0 Å². The molecular weight excluding hydrogens is 329 g/mol. The lowest BCUT2D eigenvalue weighted by Crippen LogP contribution is -2.45. The molecule has 0 saturated carbocycles. The van der Waals surface area contributed by atoms with Crippen LogP contribution < -0.4 is 4.72 Å². The zero-order valence-corrected chi connectivity index (χ0v) is 14.5. The Labute approximate surface area is 141 Å². The third-order valence-corrected chi connectivity index (χ3v) is 6.00. The molecule has 2 aromatic rings. The molecule has 2 aromatic carbocycles. The van der Waals surface area contributed by atoms with Gasteiger partial charge in [0.15, 0.2) is 0 Å². The van der Waals surface area contributed by atoms with Crippen LogP contribution >= 0.6 is 0 Å². The van der Waals surface area contributed by atoms with Crippen LogP contribution in [0.25, 0.3) is 0 Å². The van der Waals surface area contributed by atoms with Gasteiger partial charge in [0.1, 0.15) is 5.82 Å². The van der Waals surface area contributed by atoms with Crippen molar-refractivity contribution in [2.24, 2.45) is 0 Å². The first kappa shape index (κ1) is 17.1. The second kappa shape index (κ2) is 6.27. The molecule has 128 valence electrons. The third kappa shape index (κ3) is 3.22. The second-order valence-electron chi connectivity index (χ2n) is 6.24. The topological polar surface area (TPSA) is 55.4 Å². The number of ether oxygens (including phenoxy) is 1. The van der Waals surface area contributed by atoms with E-state index in [-0.39, 0.29) is 11.4 Å².